The lowest BCUT2D eigenvalue weighted by Crippen LogP contribution is -2.55. The zero-order chi connectivity index (χ0) is 17.9. The van der Waals surface area contributed by atoms with Gasteiger partial charge in [-0.3, -0.25) is 10.0 Å². The average molecular weight is 359 g/mol. The molecule has 0 aliphatic carbocycles. The van der Waals surface area contributed by atoms with Crippen molar-refractivity contribution in [3.05, 3.63) is 60.2 Å². The number of amides is 1. The van der Waals surface area contributed by atoms with Gasteiger partial charge in [0, 0.05) is 6.42 Å². The van der Waals surface area contributed by atoms with Gasteiger partial charge in [-0.2, -0.15) is 0 Å². The monoisotopic (exact) mass is 359 g/mol. The van der Waals surface area contributed by atoms with Gasteiger partial charge < -0.3 is 0 Å². The van der Waals surface area contributed by atoms with Crippen molar-refractivity contribution in [2.24, 2.45) is 0 Å². The number of hydrogen-bond donors (Lipinski definition) is 2. The van der Waals surface area contributed by atoms with Crippen LogP contribution in [0.3, 0.4) is 0 Å². The summed E-state index contributed by atoms with van der Waals surface area (Å²) in [6.45, 7) is 0. The highest BCUT2D eigenvalue weighted by atomic mass is 32.2. The molecule has 0 bridgehead atoms. The van der Waals surface area contributed by atoms with Crippen LogP contribution in [-0.4, -0.2) is 30.0 Å². The lowest BCUT2D eigenvalue weighted by molar-refractivity contribution is -0.132. The first kappa shape index (κ1) is 17.6. The van der Waals surface area contributed by atoms with E-state index >= 15 is 0 Å². The summed E-state index contributed by atoms with van der Waals surface area (Å²) in [5.41, 5.74) is 4.42. The van der Waals surface area contributed by atoms with E-state index < -0.39 is 20.5 Å². The summed E-state index contributed by atoms with van der Waals surface area (Å²) >= 11 is 0. The second-order valence-electron chi connectivity index (χ2n) is 6.45. The summed E-state index contributed by atoms with van der Waals surface area (Å²) in [6, 6.07) is 17.4. The van der Waals surface area contributed by atoms with E-state index in [1.807, 2.05) is 54.6 Å². The minimum atomic E-state index is -3.63. The molecular weight excluding hydrogens is 338 g/mol. The summed E-state index contributed by atoms with van der Waals surface area (Å²) < 4.78 is 23.7. The Kier molecular flexibility index (Phi) is 4.92. The first-order valence-corrected chi connectivity index (χ1v) is 9.95. The molecule has 0 spiro atoms. The molecule has 2 aromatic carbocycles. The van der Waals surface area contributed by atoms with Crippen molar-refractivity contribution >= 4 is 15.7 Å². The van der Waals surface area contributed by atoms with Gasteiger partial charge in [0.1, 0.15) is 0 Å². The molecule has 0 radical (unpaired) electrons. The Balaban J connectivity index is 1.92. The molecule has 132 valence electrons. The normalized spacial score (nSPS) is 22.3. The van der Waals surface area contributed by atoms with Crippen molar-refractivity contribution in [2.75, 3.05) is 5.75 Å². The van der Waals surface area contributed by atoms with Crippen molar-refractivity contribution < 1.29 is 18.4 Å². The minimum absolute atomic E-state index is 0.0253. The SMILES string of the molecule is O=C(NO)C1(Cc2ccc(-c3ccccc3)cc2)CCCCS1(=O)=O. The van der Waals surface area contributed by atoms with E-state index in [0.29, 0.717) is 12.8 Å². The molecule has 1 atom stereocenters. The van der Waals surface area contributed by atoms with Crippen LogP contribution in [0, 0.1) is 0 Å². The molecule has 0 aromatic heterocycles. The Morgan fingerprint density at radius 1 is 1.00 bits per heavy atom. The zero-order valence-corrected chi connectivity index (χ0v) is 14.6. The third-order valence-electron chi connectivity index (χ3n) is 4.91. The van der Waals surface area contributed by atoms with Gasteiger partial charge in [-0.05, 0) is 29.5 Å². The van der Waals surface area contributed by atoms with E-state index in [1.54, 1.807) is 5.48 Å². The first-order chi connectivity index (χ1) is 12.0. The fraction of sp³-hybridized carbons (Fsp3) is 0.316. The number of carbonyl (C=O) groups excluding carboxylic acids is 1. The van der Waals surface area contributed by atoms with Crippen LogP contribution in [0.4, 0.5) is 0 Å². The molecule has 1 aliphatic rings. The highest BCUT2D eigenvalue weighted by Gasteiger charge is 2.51. The number of carbonyl (C=O) groups is 1. The third kappa shape index (κ3) is 3.32. The standard InChI is InChI=1S/C19H21NO4S/c21-18(20-22)19(12-4-5-13-25(19,23)24)14-15-8-10-17(11-9-15)16-6-2-1-3-7-16/h1-3,6-11,22H,4-5,12-14H2,(H,20,21). The van der Waals surface area contributed by atoms with Crippen molar-refractivity contribution in [1.29, 1.82) is 0 Å². The Labute approximate surface area is 147 Å². The van der Waals surface area contributed by atoms with E-state index in [0.717, 1.165) is 16.7 Å². The summed E-state index contributed by atoms with van der Waals surface area (Å²) in [6.07, 6.45) is 1.49. The first-order valence-electron chi connectivity index (χ1n) is 8.30. The van der Waals surface area contributed by atoms with Crippen LogP contribution in [0.2, 0.25) is 0 Å². The summed E-state index contributed by atoms with van der Waals surface area (Å²) in [5, 5.41) is 9.09. The molecule has 2 aromatic rings. The molecule has 1 amide bonds. The molecule has 1 aliphatic heterocycles. The van der Waals surface area contributed by atoms with E-state index in [1.165, 1.54) is 0 Å². The molecule has 0 saturated carbocycles. The van der Waals surface area contributed by atoms with Gasteiger partial charge in [0.25, 0.3) is 5.91 Å². The number of hydrogen-bond acceptors (Lipinski definition) is 4. The maximum absolute atomic E-state index is 12.6. The molecule has 25 heavy (non-hydrogen) atoms. The molecule has 6 heteroatoms. The lowest BCUT2D eigenvalue weighted by Gasteiger charge is -2.34. The Hall–Kier alpha value is -2.18. The molecule has 1 heterocycles. The quantitative estimate of drug-likeness (QED) is 0.649. The highest BCUT2D eigenvalue weighted by Crippen LogP contribution is 2.35. The van der Waals surface area contributed by atoms with Gasteiger partial charge in [-0.15, -0.1) is 0 Å². The third-order valence-corrected chi connectivity index (χ3v) is 7.46. The van der Waals surface area contributed by atoms with Crippen molar-refractivity contribution in [3.8, 4) is 11.1 Å². The summed E-state index contributed by atoms with van der Waals surface area (Å²) in [5.74, 6) is -0.859. The topological polar surface area (TPSA) is 83.5 Å². The predicted molar refractivity (Wildman–Crippen MR) is 95.9 cm³/mol. The fourth-order valence-corrected chi connectivity index (χ4v) is 5.61. The number of hydroxylamine groups is 1. The van der Waals surface area contributed by atoms with Crippen LogP contribution in [0.25, 0.3) is 11.1 Å². The van der Waals surface area contributed by atoms with Crippen LogP contribution in [0.5, 0.6) is 0 Å². The second kappa shape index (κ2) is 6.98. The molecule has 3 rings (SSSR count). The van der Waals surface area contributed by atoms with E-state index in [4.69, 9.17) is 5.21 Å². The van der Waals surface area contributed by atoms with Crippen LogP contribution < -0.4 is 5.48 Å². The van der Waals surface area contributed by atoms with Gasteiger partial charge in [-0.25, -0.2) is 13.9 Å². The Morgan fingerprint density at radius 2 is 1.64 bits per heavy atom. The van der Waals surface area contributed by atoms with Crippen LogP contribution in [-0.2, 0) is 21.1 Å². The van der Waals surface area contributed by atoms with Gasteiger partial charge >= 0.3 is 0 Å². The van der Waals surface area contributed by atoms with Crippen LogP contribution in [0.15, 0.2) is 54.6 Å². The molecule has 1 fully saturated rings. The van der Waals surface area contributed by atoms with Gasteiger partial charge in [0.15, 0.2) is 14.6 Å². The van der Waals surface area contributed by atoms with Crippen LogP contribution >= 0.6 is 0 Å². The minimum Gasteiger partial charge on any atom is -0.289 e. The molecule has 1 saturated heterocycles. The number of benzene rings is 2. The number of rotatable bonds is 4. The largest absolute Gasteiger partial charge is 0.289 e. The highest BCUT2D eigenvalue weighted by molar-refractivity contribution is 7.93. The predicted octanol–water partition coefficient (Wildman–Crippen LogP) is 2.74. The Morgan fingerprint density at radius 3 is 2.24 bits per heavy atom. The number of nitrogens with one attached hydrogen (secondary N) is 1. The molecular formula is C19H21NO4S. The molecule has 2 N–H and O–H groups in total. The maximum atomic E-state index is 12.6. The van der Waals surface area contributed by atoms with Crippen molar-refractivity contribution in [1.82, 2.24) is 5.48 Å². The molecule has 5 nitrogen and oxygen atoms in total. The lowest BCUT2D eigenvalue weighted by atomic mass is 9.91. The maximum Gasteiger partial charge on any atom is 0.265 e. The van der Waals surface area contributed by atoms with Crippen molar-refractivity contribution in [2.45, 2.75) is 30.4 Å². The smallest absolute Gasteiger partial charge is 0.265 e. The van der Waals surface area contributed by atoms with E-state index in [2.05, 4.69) is 0 Å². The van der Waals surface area contributed by atoms with E-state index in [-0.39, 0.29) is 18.6 Å². The van der Waals surface area contributed by atoms with Gasteiger partial charge in [-0.1, -0.05) is 61.0 Å². The van der Waals surface area contributed by atoms with Crippen molar-refractivity contribution in [3.63, 3.8) is 0 Å². The molecule has 1 unspecified atom stereocenters. The summed E-state index contributed by atoms with van der Waals surface area (Å²) in [7, 11) is -3.63. The van der Waals surface area contributed by atoms with E-state index in [9.17, 15) is 13.2 Å². The zero-order valence-electron chi connectivity index (χ0n) is 13.8. The fourth-order valence-electron chi connectivity index (χ4n) is 3.46. The van der Waals surface area contributed by atoms with Crippen LogP contribution in [0.1, 0.15) is 24.8 Å². The number of sulfone groups is 1. The Bertz CT molecular complexity index is 847. The van der Waals surface area contributed by atoms with Gasteiger partial charge in [0.05, 0.1) is 5.75 Å². The average Bonchev–Trinajstić information content (AvgIpc) is 2.64. The second-order valence-corrected chi connectivity index (χ2v) is 8.87. The summed E-state index contributed by atoms with van der Waals surface area (Å²) in [4.78, 5) is 12.3. The van der Waals surface area contributed by atoms with Gasteiger partial charge in [0.2, 0.25) is 0 Å².